The number of hydrogen-bond donors (Lipinski definition) is 2. The first-order valence-corrected chi connectivity index (χ1v) is 6.77. The smallest absolute Gasteiger partial charge is 0.107 e. The molecule has 1 aromatic rings. The molecule has 1 saturated carbocycles. The summed E-state index contributed by atoms with van der Waals surface area (Å²) >= 11 is 0. The molecule has 0 radical (unpaired) electrons. The van der Waals surface area contributed by atoms with Crippen molar-refractivity contribution < 1.29 is 0 Å². The van der Waals surface area contributed by atoms with Crippen LogP contribution in [0.15, 0.2) is 12.4 Å². The highest BCUT2D eigenvalue weighted by atomic mass is 14.9. The molecule has 3 heteroatoms. The normalized spacial score (nSPS) is 28.2. The van der Waals surface area contributed by atoms with Crippen molar-refractivity contribution in [1.29, 1.82) is 0 Å². The van der Waals surface area contributed by atoms with Crippen LogP contribution in [0.3, 0.4) is 0 Å². The Hall–Kier alpha value is -0.830. The van der Waals surface area contributed by atoms with Crippen LogP contribution in [0.1, 0.15) is 45.9 Å². The van der Waals surface area contributed by atoms with Gasteiger partial charge in [0.2, 0.25) is 0 Å². The van der Waals surface area contributed by atoms with Crippen LogP contribution >= 0.6 is 0 Å². The average molecular weight is 235 g/mol. The minimum atomic E-state index is 0.500. The second kappa shape index (κ2) is 5.21. The van der Waals surface area contributed by atoms with E-state index in [2.05, 4.69) is 36.1 Å². The molecule has 1 aliphatic rings. The Labute approximate surface area is 104 Å². The maximum Gasteiger partial charge on any atom is 0.107 e. The van der Waals surface area contributed by atoms with Crippen molar-refractivity contribution in [2.75, 3.05) is 6.54 Å². The summed E-state index contributed by atoms with van der Waals surface area (Å²) in [6.07, 6.45) is 8.70. The van der Waals surface area contributed by atoms with Crippen LogP contribution in [0.4, 0.5) is 0 Å². The molecule has 0 saturated heterocycles. The van der Waals surface area contributed by atoms with E-state index in [0.29, 0.717) is 11.5 Å². The molecule has 2 unspecified atom stereocenters. The molecule has 2 rings (SSSR count). The Morgan fingerprint density at radius 3 is 2.94 bits per heavy atom. The van der Waals surface area contributed by atoms with Crippen LogP contribution in [-0.4, -0.2) is 22.6 Å². The summed E-state index contributed by atoms with van der Waals surface area (Å²) in [5, 5.41) is 3.69. The van der Waals surface area contributed by atoms with Crippen molar-refractivity contribution in [2.24, 2.45) is 11.3 Å². The molecule has 1 fully saturated rings. The topological polar surface area (TPSA) is 40.7 Å². The van der Waals surface area contributed by atoms with Crippen molar-refractivity contribution >= 4 is 0 Å². The fraction of sp³-hybridized carbons (Fsp3) is 0.786. The van der Waals surface area contributed by atoms with Crippen LogP contribution in [0.2, 0.25) is 0 Å². The first kappa shape index (κ1) is 12.6. The lowest BCUT2D eigenvalue weighted by Crippen LogP contribution is -2.40. The predicted octanol–water partition coefficient (Wildman–Crippen LogP) is 2.76. The van der Waals surface area contributed by atoms with E-state index < -0.39 is 0 Å². The van der Waals surface area contributed by atoms with Crippen molar-refractivity contribution in [3.63, 3.8) is 0 Å². The third-order valence-electron chi connectivity index (χ3n) is 3.74. The number of imidazole rings is 1. The van der Waals surface area contributed by atoms with Gasteiger partial charge in [-0.25, -0.2) is 4.98 Å². The molecule has 0 bridgehead atoms. The Bertz CT molecular complexity index is 329. The van der Waals surface area contributed by atoms with Gasteiger partial charge in [0.1, 0.15) is 5.82 Å². The number of aromatic amines is 1. The van der Waals surface area contributed by atoms with Gasteiger partial charge in [0.25, 0.3) is 0 Å². The number of rotatable bonds is 4. The summed E-state index contributed by atoms with van der Waals surface area (Å²) in [7, 11) is 0. The summed E-state index contributed by atoms with van der Waals surface area (Å²) in [5.41, 5.74) is 0.500. The Morgan fingerprint density at radius 1 is 1.47 bits per heavy atom. The Morgan fingerprint density at radius 2 is 2.29 bits per heavy atom. The lowest BCUT2D eigenvalue weighted by Gasteiger charge is -2.39. The van der Waals surface area contributed by atoms with Gasteiger partial charge in [-0.05, 0) is 30.6 Å². The van der Waals surface area contributed by atoms with E-state index in [-0.39, 0.29) is 0 Å². The summed E-state index contributed by atoms with van der Waals surface area (Å²) in [6, 6.07) is 0.684. The summed E-state index contributed by atoms with van der Waals surface area (Å²) in [6.45, 7) is 8.19. The quantitative estimate of drug-likeness (QED) is 0.842. The average Bonchev–Trinajstić information content (AvgIpc) is 2.67. The van der Waals surface area contributed by atoms with Gasteiger partial charge in [0.15, 0.2) is 0 Å². The maximum atomic E-state index is 4.25. The number of H-pyrrole nitrogens is 1. The molecule has 2 atom stereocenters. The molecule has 0 amide bonds. The molecule has 3 nitrogen and oxygen atoms in total. The molecule has 0 aromatic carbocycles. The van der Waals surface area contributed by atoms with E-state index in [1.165, 1.54) is 19.3 Å². The molecule has 1 heterocycles. The molecule has 2 N–H and O–H groups in total. The van der Waals surface area contributed by atoms with Crippen LogP contribution in [0, 0.1) is 11.3 Å². The number of hydrogen-bond acceptors (Lipinski definition) is 2. The second-order valence-corrected chi connectivity index (χ2v) is 6.35. The highest BCUT2D eigenvalue weighted by Gasteiger charge is 2.31. The van der Waals surface area contributed by atoms with Crippen molar-refractivity contribution in [3.05, 3.63) is 18.2 Å². The SMILES string of the molecule is CC1CC(NCCc2ncc[nH]2)CC(C)(C)C1. The summed E-state index contributed by atoms with van der Waals surface area (Å²) in [5.74, 6) is 1.93. The fourth-order valence-electron chi connectivity index (χ4n) is 3.33. The molecular weight excluding hydrogens is 210 g/mol. The van der Waals surface area contributed by atoms with E-state index in [9.17, 15) is 0 Å². The Balaban J connectivity index is 1.75. The highest BCUT2D eigenvalue weighted by molar-refractivity contribution is 4.90. The monoisotopic (exact) mass is 235 g/mol. The zero-order valence-electron chi connectivity index (χ0n) is 11.3. The fourth-order valence-corrected chi connectivity index (χ4v) is 3.33. The van der Waals surface area contributed by atoms with E-state index in [0.717, 1.165) is 24.7 Å². The van der Waals surface area contributed by atoms with Gasteiger partial charge >= 0.3 is 0 Å². The Kier molecular flexibility index (Phi) is 3.87. The second-order valence-electron chi connectivity index (χ2n) is 6.35. The minimum absolute atomic E-state index is 0.500. The highest BCUT2D eigenvalue weighted by Crippen LogP contribution is 2.38. The third kappa shape index (κ3) is 3.84. The zero-order valence-corrected chi connectivity index (χ0v) is 11.3. The number of nitrogens with zero attached hydrogens (tertiary/aromatic N) is 1. The van der Waals surface area contributed by atoms with Gasteiger partial charge in [-0.15, -0.1) is 0 Å². The standard InChI is InChI=1S/C14H25N3/c1-11-8-12(10-14(2,3)9-11)15-5-4-13-16-6-7-17-13/h6-7,11-12,15H,4-5,8-10H2,1-3H3,(H,16,17). The van der Waals surface area contributed by atoms with Crippen LogP contribution in [0.5, 0.6) is 0 Å². The molecular formula is C14H25N3. The van der Waals surface area contributed by atoms with Gasteiger partial charge in [-0.2, -0.15) is 0 Å². The molecule has 0 spiro atoms. The molecule has 1 aliphatic carbocycles. The zero-order chi connectivity index (χ0) is 12.3. The van der Waals surface area contributed by atoms with Crippen LogP contribution < -0.4 is 5.32 Å². The number of nitrogens with one attached hydrogen (secondary N) is 2. The van der Waals surface area contributed by atoms with E-state index in [1.54, 1.807) is 0 Å². The summed E-state index contributed by atoms with van der Waals surface area (Å²) < 4.78 is 0. The predicted molar refractivity (Wildman–Crippen MR) is 70.9 cm³/mol. The molecule has 0 aliphatic heterocycles. The molecule has 17 heavy (non-hydrogen) atoms. The summed E-state index contributed by atoms with van der Waals surface area (Å²) in [4.78, 5) is 7.40. The molecule has 96 valence electrons. The van der Waals surface area contributed by atoms with Crippen LogP contribution in [-0.2, 0) is 6.42 Å². The van der Waals surface area contributed by atoms with Gasteiger partial charge in [-0.1, -0.05) is 20.8 Å². The first-order valence-electron chi connectivity index (χ1n) is 6.77. The first-order chi connectivity index (χ1) is 8.05. The molecule has 1 aromatic heterocycles. The van der Waals surface area contributed by atoms with Gasteiger partial charge in [0, 0.05) is 31.4 Å². The lowest BCUT2D eigenvalue weighted by atomic mass is 9.70. The van der Waals surface area contributed by atoms with Gasteiger partial charge < -0.3 is 10.3 Å². The van der Waals surface area contributed by atoms with Gasteiger partial charge in [-0.3, -0.25) is 0 Å². The van der Waals surface area contributed by atoms with Crippen molar-refractivity contribution in [2.45, 2.75) is 52.5 Å². The number of aromatic nitrogens is 2. The largest absolute Gasteiger partial charge is 0.349 e. The minimum Gasteiger partial charge on any atom is -0.349 e. The van der Waals surface area contributed by atoms with Crippen molar-refractivity contribution in [1.82, 2.24) is 15.3 Å². The van der Waals surface area contributed by atoms with Crippen molar-refractivity contribution in [3.8, 4) is 0 Å². The van der Waals surface area contributed by atoms with Crippen LogP contribution in [0.25, 0.3) is 0 Å². The van der Waals surface area contributed by atoms with E-state index in [1.807, 2.05) is 12.4 Å². The maximum absolute atomic E-state index is 4.25. The lowest BCUT2D eigenvalue weighted by molar-refractivity contribution is 0.152. The van der Waals surface area contributed by atoms with E-state index >= 15 is 0 Å². The third-order valence-corrected chi connectivity index (χ3v) is 3.74. The van der Waals surface area contributed by atoms with E-state index in [4.69, 9.17) is 0 Å². The van der Waals surface area contributed by atoms with Gasteiger partial charge in [0.05, 0.1) is 0 Å².